The molecule has 1 heteroatoms. The van der Waals surface area contributed by atoms with Crippen molar-refractivity contribution in [2.75, 3.05) is 11.9 Å². The molecule has 0 fully saturated rings. The number of rotatable bonds is 1. The average molecular weight is 161 g/mol. The number of benzene rings is 1. The Kier molecular flexibility index (Phi) is 2.03. The smallest absolute Gasteiger partial charge is 0.0372 e. The summed E-state index contributed by atoms with van der Waals surface area (Å²) < 4.78 is 0. The van der Waals surface area contributed by atoms with E-state index in [0.717, 1.165) is 12.5 Å². The number of hydrogen-bond donors (Lipinski definition) is 1. The minimum atomic E-state index is 0.833. The van der Waals surface area contributed by atoms with E-state index in [-0.39, 0.29) is 0 Å². The van der Waals surface area contributed by atoms with Gasteiger partial charge in [-0.05, 0) is 24.0 Å². The summed E-state index contributed by atoms with van der Waals surface area (Å²) in [6.45, 7) is 3.41. The molecular formula is C11H15N. The van der Waals surface area contributed by atoms with Crippen molar-refractivity contribution in [3.63, 3.8) is 0 Å². The molecule has 0 aromatic heterocycles. The molecule has 64 valence electrons. The lowest BCUT2D eigenvalue weighted by Crippen LogP contribution is -2.22. The second kappa shape index (κ2) is 3.18. The van der Waals surface area contributed by atoms with Gasteiger partial charge in [0.05, 0.1) is 0 Å². The van der Waals surface area contributed by atoms with Crippen molar-refractivity contribution >= 4 is 5.69 Å². The largest absolute Gasteiger partial charge is 0.385 e. The molecule has 1 nitrogen and oxygen atoms in total. The molecule has 0 saturated carbocycles. The van der Waals surface area contributed by atoms with E-state index in [9.17, 15) is 0 Å². The molecule has 0 amide bonds. The third-order valence-electron chi connectivity index (χ3n) is 2.68. The summed E-state index contributed by atoms with van der Waals surface area (Å²) in [5.41, 5.74) is 2.82. The van der Waals surface area contributed by atoms with Crippen LogP contribution in [0, 0.1) is 5.92 Å². The van der Waals surface area contributed by atoms with E-state index in [1.807, 2.05) is 0 Å². The van der Waals surface area contributed by atoms with Crippen LogP contribution in [0.15, 0.2) is 24.3 Å². The summed E-state index contributed by atoms with van der Waals surface area (Å²) >= 11 is 0. The van der Waals surface area contributed by atoms with Crippen molar-refractivity contribution in [3.05, 3.63) is 29.8 Å². The van der Waals surface area contributed by atoms with Crippen molar-refractivity contribution < 1.29 is 0 Å². The van der Waals surface area contributed by atoms with Gasteiger partial charge >= 0.3 is 0 Å². The van der Waals surface area contributed by atoms with Gasteiger partial charge in [-0.1, -0.05) is 31.5 Å². The van der Waals surface area contributed by atoms with Gasteiger partial charge in [0.25, 0.3) is 0 Å². The van der Waals surface area contributed by atoms with Crippen molar-refractivity contribution in [2.45, 2.75) is 19.8 Å². The first-order valence-electron chi connectivity index (χ1n) is 4.72. The van der Waals surface area contributed by atoms with Crippen molar-refractivity contribution in [1.29, 1.82) is 0 Å². The lowest BCUT2D eigenvalue weighted by Gasteiger charge is -2.24. The maximum Gasteiger partial charge on any atom is 0.0372 e. The second-order valence-corrected chi connectivity index (χ2v) is 3.52. The maximum absolute atomic E-state index is 3.46. The van der Waals surface area contributed by atoms with E-state index in [2.05, 4.69) is 36.5 Å². The van der Waals surface area contributed by atoms with E-state index in [1.165, 1.54) is 24.1 Å². The van der Waals surface area contributed by atoms with Crippen molar-refractivity contribution in [1.82, 2.24) is 0 Å². The predicted octanol–water partition coefficient (Wildman–Crippen LogP) is 2.68. The molecule has 2 rings (SSSR count). The zero-order chi connectivity index (χ0) is 8.39. The Morgan fingerprint density at radius 2 is 2.25 bits per heavy atom. The molecule has 0 saturated heterocycles. The highest BCUT2D eigenvalue weighted by molar-refractivity contribution is 5.52. The highest BCUT2D eigenvalue weighted by Crippen LogP contribution is 2.25. The van der Waals surface area contributed by atoms with Gasteiger partial charge in [-0.3, -0.25) is 0 Å². The molecule has 1 N–H and O–H groups in total. The Bertz CT molecular complexity index is 267. The Morgan fingerprint density at radius 1 is 1.42 bits per heavy atom. The van der Waals surface area contributed by atoms with Crippen LogP contribution in [0.4, 0.5) is 5.69 Å². The minimum absolute atomic E-state index is 0.833. The summed E-state index contributed by atoms with van der Waals surface area (Å²) in [6, 6.07) is 8.61. The van der Waals surface area contributed by atoms with E-state index in [1.54, 1.807) is 0 Å². The van der Waals surface area contributed by atoms with Gasteiger partial charge in [-0.25, -0.2) is 0 Å². The van der Waals surface area contributed by atoms with E-state index >= 15 is 0 Å². The zero-order valence-corrected chi connectivity index (χ0v) is 7.51. The normalized spacial score (nSPS) is 21.2. The van der Waals surface area contributed by atoms with E-state index < -0.39 is 0 Å². The number of fused-ring (bicyclic) bond motifs is 1. The molecule has 12 heavy (non-hydrogen) atoms. The van der Waals surface area contributed by atoms with Gasteiger partial charge < -0.3 is 5.32 Å². The second-order valence-electron chi connectivity index (χ2n) is 3.52. The Labute approximate surface area is 73.8 Å². The third-order valence-corrected chi connectivity index (χ3v) is 2.68. The SMILES string of the molecule is CCC1CNc2ccccc2C1. The fourth-order valence-corrected chi connectivity index (χ4v) is 1.80. The van der Waals surface area contributed by atoms with Gasteiger partial charge in [0.1, 0.15) is 0 Å². The number of anilines is 1. The molecule has 0 spiro atoms. The summed E-state index contributed by atoms with van der Waals surface area (Å²) in [7, 11) is 0. The molecule has 1 aromatic rings. The van der Waals surface area contributed by atoms with Gasteiger partial charge in [0.2, 0.25) is 0 Å². The summed E-state index contributed by atoms with van der Waals surface area (Å²) in [6.07, 6.45) is 2.53. The quantitative estimate of drug-likeness (QED) is 0.667. The van der Waals surface area contributed by atoms with Crippen LogP contribution in [0.2, 0.25) is 0 Å². The predicted molar refractivity (Wildman–Crippen MR) is 52.4 cm³/mol. The molecule has 0 aliphatic carbocycles. The molecule has 1 aromatic carbocycles. The minimum Gasteiger partial charge on any atom is -0.385 e. The van der Waals surface area contributed by atoms with Crippen LogP contribution in [0.3, 0.4) is 0 Å². The lowest BCUT2D eigenvalue weighted by atomic mass is 9.92. The molecule has 1 heterocycles. The number of para-hydroxylation sites is 1. The first-order chi connectivity index (χ1) is 5.90. The molecular weight excluding hydrogens is 146 g/mol. The first kappa shape index (κ1) is 7.66. The van der Waals surface area contributed by atoms with Crippen LogP contribution in [0.1, 0.15) is 18.9 Å². The highest BCUT2D eigenvalue weighted by Gasteiger charge is 2.15. The van der Waals surface area contributed by atoms with Crippen LogP contribution in [0.25, 0.3) is 0 Å². The molecule has 0 radical (unpaired) electrons. The molecule has 0 bridgehead atoms. The summed E-state index contributed by atoms with van der Waals surface area (Å²) in [4.78, 5) is 0. The Morgan fingerprint density at radius 3 is 3.08 bits per heavy atom. The number of nitrogens with one attached hydrogen (secondary N) is 1. The maximum atomic E-state index is 3.46. The van der Waals surface area contributed by atoms with Crippen LogP contribution < -0.4 is 5.32 Å². The topological polar surface area (TPSA) is 12.0 Å². The van der Waals surface area contributed by atoms with E-state index in [4.69, 9.17) is 0 Å². The van der Waals surface area contributed by atoms with Gasteiger partial charge in [0, 0.05) is 12.2 Å². The van der Waals surface area contributed by atoms with Crippen LogP contribution in [0.5, 0.6) is 0 Å². The van der Waals surface area contributed by atoms with Gasteiger partial charge in [-0.2, -0.15) is 0 Å². The van der Waals surface area contributed by atoms with Crippen molar-refractivity contribution in [2.24, 2.45) is 5.92 Å². The Hall–Kier alpha value is -0.980. The molecule has 1 aliphatic heterocycles. The van der Waals surface area contributed by atoms with Gasteiger partial charge in [0.15, 0.2) is 0 Å². The Balaban J connectivity index is 2.23. The zero-order valence-electron chi connectivity index (χ0n) is 7.51. The average Bonchev–Trinajstić information content (AvgIpc) is 2.17. The van der Waals surface area contributed by atoms with E-state index in [0.29, 0.717) is 0 Å². The highest BCUT2D eigenvalue weighted by atomic mass is 14.9. The summed E-state index contributed by atoms with van der Waals surface area (Å²) in [5, 5.41) is 3.46. The van der Waals surface area contributed by atoms with Crippen molar-refractivity contribution in [3.8, 4) is 0 Å². The monoisotopic (exact) mass is 161 g/mol. The summed E-state index contributed by atoms with van der Waals surface area (Å²) in [5.74, 6) is 0.833. The van der Waals surface area contributed by atoms with Crippen LogP contribution in [-0.4, -0.2) is 6.54 Å². The first-order valence-corrected chi connectivity index (χ1v) is 4.72. The molecule has 1 unspecified atom stereocenters. The third kappa shape index (κ3) is 1.31. The number of hydrogen-bond acceptors (Lipinski definition) is 1. The standard InChI is InChI=1S/C11H15N/c1-2-9-7-10-5-3-4-6-11(10)12-8-9/h3-6,9,12H,2,7-8H2,1H3. The fourth-order valence-electron chi connectivity index (χ4n) is 1.80. The molecule has 1 aliphatic rings. The van der Waals surface area contributed by atoms with Crippen LogP contribution in [-0.2, 0) is 6.42 Å². The van der Waals surface area contributed by atoms with Gasteiger partial charge in [-0.15, -0.1) is 0 Å². The van der Waals surface area contributed by atoms with Crippen LogP contribution >= 0.6 is 0 Å². The molecule has 1 atom stereocenters. The lowest BCUT2D eigenvalue weighted by molar-refractivity contribution is 0.521. The fraction of sp³-hybridized carbons (Fsp3) is 0.455.